The normalized spacial score (nSPS) is 17.2. The third kappa shape index (κ3) is 3.45. The van der Waals surface area contributed by atoms with Gasteiger partial charge in [0.05, 0.1) is 10.4 Å². The van der Waals surface area contributed by atoms with Gasteiger partial charge in [0.2, 0.25) is 0 Å². The van der Waals surface area contributed by atoms with Gasteiger partial charge in [0, 0.05) is 26.4 Å². The molecule has 1 aromatic carbocycles. The molecule has 4 nitrogen and oxygen atoms in total. The molecule has 2 N–H and O–H groups in total. The van der Waals surface area contributed by atoms with Crippen molar-refractivity contribution in [1.82, 2.24) is 10.2 Å². The van der Waals surface area contributed by atoms with Crippen LogP contribution < -0.4 is 5.73 Å². The Morgan fingerprint density at radius 2 is 2.08 bits per heavy atom. The highest BCUT2D eigenvalue weighted by Crippen LogP contribution is 2.38. The summed E-state index contributed by atoms with van der Waals surface area (Å²) in [4.78, 5) is 12.9. The molecule has 25 heavy (non-hydrogen) atoms. The molecule has 0 spiro atoms. The molecule has 1 aliphatic rings. The Morgan fingerprint density at radius 3 is 2.76 bits per heavy atom. The summed E-state index contributed by atoms with van der Waals surface area (Å²) in [6, 6.07) is 10.3. The summed E-state index contributed by atoms with van der Waals surface area (Å²) in [6.07, 6.45) is 3.37. The van der Waals surface area contributed by atoms with Gasteiger partial charge >= 0.3 is 0 Å². The maximum Gasteiger partial charge on any atom is 0.270 e. The minimum Gasteiger partial charge on any atom is -0.364 e. The van der Waals surface area contributed by atoms with Crippen LogP contribution in [0.4, 0.5) is 0 Å². The fraction of sp³-hybridized carbons (Fsp3) is 0.278. The zero-order chi connectivity index (χ0) is 17.4. The van der Waals surface area contributed by atoms with E-state index in [-0.39, 0.29) is 5.69 Å². The van der Waals surface area contributed by atoms with Crippen molar-refractivity contribution in [2.45, 2.75) is 24.5 Å². The molecule has 0 aliphatic carbocycles. The second-order valence-electron chi connectivity index (χ2n) is 6.06. The van der Waals surface area contributed by atoms with Crippen molar-refractivity contribution in [2.24, 2.45) is 5.73 Å². The van der Waals surface area contributed by atoms with E-state index in [0.717, 1.165) is 37.1 Å². The first-order valence-electron chi connectivity index (χ1n) is 8.08. The van der Waals surface area contributed by atoms with Gasteiger partial charge in [-0.05, 0) is 42.4 Å². The van der Waals surface area contributed by atoms with E-state index in [4.69, 9.17) is 5.73 Å². The van der Waals surface area contributed by atoms with Gasteiger partial charge < -0.3 is 5.73 Å². The summed E-state index contributed by atoms with van der Waals surface area (Å²) in [7, 11) is 0. The van der Waals surface area contributed by atoms with Crippen LogP contribution in [0, 0.1) is 0 Å². The summed E-state index contributed by atoms with van der Waals surface area (Å²) in [5.41, 5.74) is 7.87. The molecule has 0 bridgehead atoms. The van der Waals surface area contributed by atoms with Crippen LogP contribution in [0.1, 0.15) is 29.0 Å². The standard InChI is InChI=1S/C18H16BrN3OS2/c19-11-5-3-10(4-6-11)15-9-13-14(8-12-2-1-7-24-12)21-22-16(18(20)23)17(13)25-15/h3-6,9,12H,1-2,7-8H2,(H2,20,23). The number of nitrogens with two attached hydrogens (primary N) is 1. The molecule has 2 aromatic heterocycles. The average Bonchev–Trinajstić information content (AvgIpc) is 3.25. The Balaban J connectivity index is 1.82. The average molecular weight is 434 g/mol. The van der Waals surface area contributed by atoms with Gasteiger partial charge in [0.15, 0.2) is 5.69 Å². The first-order valence-corrected chi connectivity index (χ1v) is 10.7. The molecule has 128 valence electrons. The molecule has 7 heteroatoms. The number of hydrogen-bond donors (Lipinski definition) is 1. The van der Waals surface area contributed by atoms with Gasteiger partial charge in [-0.1, -0.05) is 28.1 Å². The van der Waals surface area contributed by atoms with E-state index in [2.05, 4.69) is 44.3 Å². The van der Waals surface area contributed by atoms with Crippen molar-refractivity contribution >= 4 is 55.0 Å². The number of rotatable bonds is 4. The van der Waals surface area contributed by atoms with Crippen molar-refractivity contribution in [3.8, 4) is 10.4 Å². The van der Waals surface area contributed by atoms with Crippen molar-refractivity contribution < 1.29 is 4.79 Å². The Morgan fingerprint density at radius 1 is 1.28 bits per heavy atom. The van der Waals surface area contributed by atoms with Gasteiger partial charge in [-0.2, -0.15) is 16.9 Å². The van der Waals surface area contributed by atoms with Crippen molar-refractivity contribution in [1.29, 1.82) is 0 Å². The number of amides is 1. The third-order valence-corrected chi connectivity index (χ3v) is 7.45. The molecule has 4 rings (SSSR count). The van der Waals surface area contributed by atoms with Crippen LogP contribution in [0.3, 0.4) is 0 Å². The van der Waals surface area contributed by atoms with Gasteiger partial charge in [0.25, 0.3) is 5.91 Å². The predicted octanol–water partition coefficient (Wildman–Crippen LogP) is 4.66. The first-order chi connectivity index (χ1) is 12.1. The fourth-order valence-electron chi connectivity index (χ4n) is 3.08. The quantitative estimate of drug-likeness (QED) is 0.649. The minimum absolute atomic E-state index is 0.270. The van der Waals surface area contributed by atoms with Gasteiger partial charge in [-0.3, -0.25) is 4.79 Å². The van der Waals surface area contributed by atoms with Crippen LogP contribution in [0.15, 0.2) is 34.8 Å². The SMILES string of the molecule is NC(=O)c1nnc(CC2CCCS2)c2cc(-c3ccc(Br)cc3)sc12. The lowest BCUT2D eigenvalue weighted by molar-refractivity contribution is 0.0996. The predicted molar refractivity (Wildman–Crippen MR) is 108 cm³/mol. The van der Waals surface area contributed by atoms with E-state index < -0.39 is 5.91 Å². The van der Waals surface area contributed by atoms with E-state index in [1.165, 1.54) is 18.6 Å². The van der Waals surface area contributed by atoms with Crippen LogP contribution in [0.5, 0.6) is 0 Å². The Labute approximate surface area is 162 Å². The summed E-state index contributed by atoms with van der Waals surface area (Å²) in [5, 5.41) is 10.1. The number of nitrogens with zero attached hydrogens (tertiary/aromatic N) is 2. The summed E-state index contributed by atoms with van der Waals surface area (Å²) in [5.74, 6) is 0.692. The minimum atomic E-state index is -0.525. The molecule has 1 amide bonds. The smallest absolute Gasteiger partial charge is 0.270 e. The fourth-order valence-corrected chi connectivity index (χ4v) is 5.80. The van der Waals surface area contributed by atoms with Gasteiger partial charge in [-0.15, -0.1) is 16.4 Å². The van der Waals surface area contributed by atoms with E-state index in [1.807, 2.05) is 23.9 Å². The molecule has 1 atom stereocenters. The van der Waals surface area contributed by atoms with E-state index >= 15 is 0 Å². The second-order valence-corrected chi connectivity index (χ2v) is 9.44. The van der Waals surface area contributed by atoms with Crippen molar-refractivity contribution in [3.63, 3.8) is 0 Å². The van der Waals surface area contributed by atoms with Crippen molar-refractivity contribution in [2.75, 3.05) is 5.75 Å². The Kier molecular flexibility index (Phi) is 4.80. The molecule has 1 aliphatic heterocycles. The van der Waals surface area contributed by atoms with E-state index in [0.29, 0.717) is 5.25 Å². The van der Waals surface area contributed by atoms with Gasteiger partial charge in [0.1, 0.15) is 0 Å². The maximum atomic E-state index is 11.8. The zero-order valence-electron chi connectivity index (χ0n) is 13.4. The summed E-state index contributed by atoms with van der Waals surface area (Å²) >= 11 is 7.02. The summed E-state index contributed by atoms with van der Waals surface area (Å²) in [6.45, 7) is 0. The highest BCUT2D eigenvalue weighted by atomic mass is 79.9. The maximum absolute atomic E-state index is 11.8. The van der Waals surface area contributed by atoms with Crippen LogP contribution in [-0.2, 0) is 6.42 Å². The van der Waals surface area contributed by atoms with Crippen LogP contribution in [0.25, 0.3) is 20.5 Å². The number of halogens is 1. The molecule has 1 unspecified atom stereocenters. The molecule has 0 saturated carbocycles. The lowest BCUT2D eigenvalue weighted by atomic mass is 10.1. The third-order valence-electron chi connectivity index (χ3n) is 4.34. The summed E-state index contributed by atoms with van der Waals surface area (Å²) < 4.78 is 1.89. The largest absolute Gasteiger partial charge is 0.364 e. The molecule has 3 aromatic rings. The highest BCUT2D eigenvalue weighted by molar-refractivity contribution is 9.10. The lowest BCUT2D eigenvalue weighted by Crippen LogP contribution is -2.15. The number of hydrogen-bond acceptors (Lipinski definition) is 5. The van der Waals surface area contributed by atoms with Crippen LogP contribution >= 0.6 is 39.0 Å². The molecule has 1 fully saturated rings. The van der Waals surface area contributed by atoms with E-state index in [9.17, 15) is 4.79 Å². The molecule has 1 saturated heterocycles. The van der Waals surface area contributed by atoms with Crippen molar-refractivity contribution in [3.05, 3.63) is 46.2 Å². The van der Waals surface area contributed by atoms with Gasteiger partial charge in [-0.25, -0.2) is 0 Å². The zero-order valence-corrected chi connectivity index (χ0v) is 16.6. The highest BCUT2D eigenvalue weighted by Gasteiger charge is 2.22. The monoisotopic (exact) mass is 433 g/mol. The lowest BCUT2D eigenvalue weighted by Gasteiger charge is -2.08. The molecular weight excluding hydrogens is 418 g/mol. The second kappa shape index (κ2) is 7.05. The molecule has 0 radical (unpaired) electrons. The molecule has 3 heterocycles. The number of thioether (sulfide) groups is 1. The van der Waals surface area contributed by atoms with Crippen LogP contribution in [-0.4, -0.2) is 27.1 Å². The Bertz CT molecular complexity index is 933. The number of carbonyl (C=O) groups is 1. The number of aromatic nitrogens is 2. The van der Waals surface area contributed by atoms with E-state index in [1.54, 1.807) is 11.3 Å². The topological polar surface area (TPSA) is 68.9 Å². The number of fused-ring (bicyclic) bond motifs is 1. The Hall–Kier alpha value is -1.44. The number of primary amides is 1. The number of thiophene rings is 1. The number of carbonyl (C=O) groups excluding carboxylic acids is 1. The first kappa shape index (κ1) is 17.0. The molecular formula is C18H16BrN3OS2. The van der Waals surface area contributed by atoms with Crippen LogP contribution in [0.2, 0.25) is 0 Å². The number of benzene rings is 1.